The van der Waals surface area contributed by atoms with Crippen LogP contribution in [-0.2, 0) is 19.7 Å². The fourth-order valence-corrected chi connectivity index (χ4v) is 3.26. The monoisotopic (exact) mass is 339 g/mol. The fourth-order valence-electron chi connectivity index (χ4n) is 3.07. The van der Waals surface area contributed by atoms with Crippen LogP contribution in [0.1, 0.15) is 31.7 Å². The Morgan fingerprint density at radius 3 is 2.61 bits per heavy atom. The Morgan fingerprint density at radius 1 is 1.35 bits per heavy atom. The lowest BCUT2D eigenvalue weighted by Crippen LogP contribution is -2.50. The Balaban J connectivity index is 2.33. The molecule has 1 aromatic carbocycles. The molecule has 0 spiro atoms. The van der Waals surface area contributed by atoms with Crippen LogP contribution >= 0.6 is 11.6 Å². The van der Waals surface area contributed by atoms with Crippen LogP contribution in [0, 0.1) is 0 Å². The highest BCUT2D eigenvalue weighted by atomic mass is 35.5. The first-order valence-electron chi connectivity index (χ1n) is 7.84. The van der Waals surface area contributed by atoms with Crippen LogP contribution in [0.3, 0.4) is 0 Å². The second kappa shape index (κ2) is 7.79. The van der Waals surface area contributed by atoms with Crippen molar-refractivity contribution in [1.29, 1.82) is 0 Å². The molecule has 0 saturated carbocycles. The van der Waals surface area contributed by atoms with Crippen LogP contribution in [0.25, 0.3) is 0 Å². The number of nitrogens with zero attached hydrogens (tertiary/aromatic N) is 1. The molecule has 0 atom stereocenters. The second-order valence-electron chi connectivity index (χ2n) is 5.73. The summed E-state index contributed by atoms with van der Waals surface area (Å²) in [6.45, 7) is 3.58. The number of hydrogen-bond donors (Lipinski definition) is 1. The third-order valence-electron chi connectivity index (χ3n) is 4.40. The predicted octanol–water partition coefficient (Wildman–Crippen LogP) is 2.71. The van der Waals surface area contributed by atoms with Crippen molar-refractivity contribution in [2.45, 2.75) is 31.6 Å². The van der Waals surface area contributed by atoms with Gasteiger partial charge < -0.3 is 14.7 Å². The van der Waals surface area contributed by atoms with E-state index >= 15 is 0 Å². The zero-order valence-corrected chi connectivity index (χ0v) is 14.0. The Bertz CT molecular complexity index is 569. The smallest absolute Gasteiger partial charge is 0.305 e. The Hall–Kier alpha value is -1.59. The molecule has 126 valence electrons. The van der Waals surface area contributed by atoms with E-state index in [9.17, 15) is 9.59 Å². The third kappa shape index (κ3) is 4.03. The number of halogens is 1. The highest BCUT2D eigenvalue weighted by molar-refractivity contribution is 6.30. The largest absolute Gasteiger partial charge is 0.481 e. The van der Waals surface area contributed by atoms with E-state index in [1.807, 2.05) is 25.1 Å². The van der Waals surface area contributed by atoms with Gasteiger partial charge in [-0.3, -0.25) is 9.59 Å². The van der Waals surface area contributed by atoms with E-state index in [0.717, 1.165) is 5.56 Å². The molecule has 6 heteroatoms. The number of ether oxygens (including phenoxy) is 1. The first-order chi connectivity index (χ1) is 11.0. The molecule has 0 bridgehead atoms. The van der Waals surface area contributed by atoms with Gasteiger partial charge in [-0.05, 0) is 37.5 Å². The number of hydrogen-bond acceptors (Lipinski definition) is 3. The lowest BCUT2D eigenvalue weighted by molar-refractivity contribution is -0.143. The molecule has 0 aromatic heterocycles. The highest BCUT2D eigenvalue weighted by Crippen LogP contribution is 2.37. The van der Waals surface area contributed by atoms with E-state index in [4.69, 9.17) is 21.4 Å². The summed E-state index contributed by atoms with van der Waals surface area (Å²) < 4.78 is 5.44. The van der Waals surface area contributed by atoms with E-state index in [1.165, 1.54) is 0 Å². The van der Waals surface area contributed by atoms with Crippen molar-refractivity contribution in [3.8, 4) is 0 Å². The van der Waals surface area contributed by atoms with Crippen molar-refractivity contribution in [1.82, 2.24) is 4.90 Å². The van der Waals surface area contributed by atoms with Crippen molar-refractivity contribution in [3.63, 3.8) is 0 Å². The number of amides is 1. The van der Waals surface area contributed by atoms with Crippen LogP contribution in [0.15, 0.2) is 24.3 Å². The summed E-state index contributed by atoms with van der Waals surface area (Å²) in [5.41, 5.74) is 0.199. The number of aliphatic carboxylic acids is 1. The zero-order chi connectivity index (χ0) is 16.9. The summed E-state index contributed by atoms with van der Waals surface area (Å²) >= 11 is 6.11. The molecule has 1 aromatic rings. The van der Waals surface area contributed by atoms with Gasteiger partial charge >= 0.3 is 5.97 Å². The van der Waals surface area contributed by atoms with Crippen molar-refractivity contribution < 1.29 is 19.4 Å². The van der Waals surface area contributed by atoms with Gasteiger partial charge in [0.15, 0.2) is 0 Å². The van der Waals surface area contributed by atoms with Crippen LogP contribution in [-0.4, -0.2) is 48.2 Å². The first kappa shape index (κ1) is 17.8. The number of carbonyl (C=O) groups is 2. The zero-order valence-electron chi connectivity index (χ0n) is 13.3. The molecule has 1 aliphatic rings. The molecule has 1 fully saturated rings. The van der Waals surface area contributed by atoms with Crippen LogP contribution in [0.2, 0.25) is 5.02 Å². The maximum Gasteiger partial charge on any atom is 0.305 e. The third-order valence-corrected chi connectivity index (χ3v) is 4.63. The van der Waals surface area contributed by atoms with Crippen LogP contribution in [0.5, 0.6) is 0 Å². The Morgan fingerprint density at radius 2 is 2.04 bits per heavy atom. The normalized spacial score (nSPS) is 16.8. The number of rotatable bonds is 6. The number of carbonyl (C=O) groups excluding carboxylic acids is 1. The van der Waals surface area contributed by atoms with Crippen LogP contribution < -0.4 is 0 Å². The molecule has 0 aliphatic carbocycles. The van der Waals surface area contributed by atoms with Crippen molar-refractivity contribution in [2.24, 2.45) is 0 Å². The minimum absolute atomic E-state index is 0.0354. The van der Waals surface area contributed by atoms with Gasteiger partial charge in [-0.25, -0.2) is 0 Å². The van der Waals surface area contributed by atoms with Crippen molar-refractivity contribution in [3.05, 3.63) is 34.9 Å². The summed E-state index contributed by atoms with van der Waals surface area (Å²) in [6, 6.07) is 7.37. The first-order valence-corrected chi connectivity index (χ1v) is 8.22. The van der Waals surface area contributed by atoms with Gasteiger partial charge in [0.25, 0.3) is 0 Å². The molecule has 23 heavy (non-hydrogen) atoms. The molecule has 1 heterocycles. The molecule has 1 amide bonds. The molecule has 5 nitrogen and oxygen atoms in total. The van der Waals surface area contributed by atoms with E-state index in [0.29, 0.717) is 37.6 Å². The summed E-state index contributed by atoms with van der Waals surface area (Å²) in [6.07, 6.45) is 1.10. The second-order valence-corrected chi connectivity index (χ2v) is 6.17. The van der Waals surface area contributed by atoms with Gasteiger partial charge in [0.05, 0.1) is 11.8 Å². The summed E-state index contributed by atoms with van der Waals surface area (Å²) in [5, 5.41) is 9.48. The molecular formula is C17H22ClNO4. The Labute approximate surface area is 141 Å². The summed E-state index contributed by atoms with van der Waals surface area (Å²) in [5.74, 6) is -0.938. The lowest BCUT2D eigenvalue weighted by atomic mass is 9.73. The standard InChI is InChI=1S/C17H22ClNO4/c1-2-19(9-6-15(20)21)16(22)17(7-10-23-11-8-17)13-4-3-5-14(18)12-13/h3-5,12H,2,6-11H2,1H3,(H,20,21). The summed E-state index contributed by atoms with van der Waals surface area (Å²) in [7, 11) is 0. The van der Waals surface area contributed by atoms with Crippen LogP contribution in [0.4, 0.5) is 0 Å². The molecule has 0 unspecified atom stereocenters. The Kier molecular flexibility index (Phi) is 6.02. The molecule has 0 radical (unpaired) electrons. The molecule has 1 N–H and O–H groups in total. The number of carboxylic acid groups (broad SMARTS) is 1. The number of carboxylic acids is 1. The quantitative estimate of drug-likeness (QED) is 0.865. The average molecular weight is 340 g/mol. The maximum absolute atomic E-state index is 13.2. The number of likely N-dealkylation sites (N-methyl/N-ethyl adjacent to an activating group) is 1. The predicted molar refractivity (Wildman–Crippen MR) is 87.7 cm³/mol. The number of benzene rings is 1. The van der Waals surface area contributed by atoms with E-state index in [1.54, 1.807) is 11.0 Å². The molecule has 2 rings (SSSR count). The highest BCUT2D eigenvalue weighted by Gasteiger charge is 2.43. The molecule has 1 aliphatic heterocycles. The topological polar surface area (TPSA) is 66.8 Å². The molecular weight excluding hydrogens is 318 g/mol. The van der Waals surface area contributed by atoms with E-state index in [2.05, 4.69) is 0 Å². The van der Waals surface area contributed by atoms with Crippen molar-refractivity contribution >= 4 is 23.5 Å². The van der Waals surface area contributed by atoms with Gasteiger partial charge in [0.2, 0.25) is 5.91 Å². The minimum atomic E-state index is -0.903. The van der Waals surface area contributed by atoms with Gasteiger partial charge in [-0.2, -0.15) is 0 Å². The lowest BCUT2D eigenvalue weighted by Gasteiger charge is -2.40. The van der Waals surface area contributed by atoms with E-state index in [-0.39, 0.29) is 18.9 Å². The average Bonchev–Trinajstić information content (AvgIpc) is 2.55. The maximum atomic E-state index is 13.2. The van der Waals surface area contributed by atoms with Gasteiger partial charge in [-0.1, -0.05) is 23.7 Å². The van der Waals surface area contributed by atoms with E-state index < -0.39 is 11.4 Å². The van der Waals surface area contributed by atoms with Crippen molar-refractivity contribution in [2.75, 3.05) is 26.3 Å². The van der Waals surface area contributed by atoms with Gasteiger partial charge in [0, 0.05) is 31.3 Å². The van der Waals surface area contributed by atoms with Gasteiger partial charge in [-0.15, -0.1) is 0 Å². The fraction of sp³-hybridized carbons (Fsp3) is 0.529. The van der Waals surface area contributed by atoms with Gasteiger partial charge in [0.1, 0.15) is 0 Å². The minimum Gasteiger partial charge on any atom is -0.481 e. The summed E-state index contributed by atoms with van der Waals surface area (Å²) in [4.78, 5) is 25.7. The SMILES string of the molecule is CCN(CCC(=O)O)C(=O)C1(c2cccc(Cl)c2)CCOCC1. The molecule has 1 saturated heterocycles.